The Labute approximate surface area is 369 Å². The second-order valence-electron chi connectivity index (χ2n) is 13.9. The normalized spacial score (nSPS) is 11.9. The van der Waals surface area contributed by atoms with Crippen molar-refractivity contribution >= 4 is 13.8 Å². The van der Waals surface area contributed by atoms with E-state index in [9.17, 15) is 19.1 Å². The molecule has 0 spiro atoms. The minimum atomic E-state index is -5.14. The third-order valence-electron chi connectivity index (χ3n) is 8.73. The van der Waals surface area contributed by atoms with Gasteiger partial charge in [-0.15, -0.1) is 0 Å². The van der Waals surface area contributed by atoms with Gasteiger partial charge in [-0.3, -0.25) is 4.79 Å². The minimum absolute atomic E-state index is 0. The summed E-state index contributed by atoms with van der Waals surface area (Å²) >= 11 is 0. The van der Waals surface area contributed by atoms with E-state index < -0.39 is 32.6 Å². The molecule has 0 saturated carbocycles. The van der Waals surface area contributed by atoms with Gasteiger partial charge in [-0.2, -0.15) is 0 Å². The Balaban J connectivity index is -0.00000137. The largest absolute Gasteiger partial charge is 1.00 e. The number of allylic oxidation sites excluding steroid dienone is 2. The maximum Gasteiger partial charge on any atom is 1.00 e. The van der Waals surface area contributed by atoms with Crippen LogP contribution in [0.25, 0.3) is 0 Å². The molecule has 0 fully saturated rings. The first kappa shape index (κ1) is 60.8. The molecule has 0 aliphatic heterocycles. The molecule has 53 heavy (non-hydrogen) atoms. The Hall–Kier alpha value is 1.16. The molecule has 0 aliphatic rings. The zero-order chi connectivity index (χ0) is 38.1. The van der Waals surface area contributed by atoms with Crippen LogP contribution in [0.5, 0.6) is 0 Å². The van der Waals surface area contributed by atoms with Crippen molar-refractivity contribution in [3.05, 3.63) is 12.2 Å². The summed E-state index contributed by atoms with van der Waals surface area (Å²) in [4.78, 5) is 34.2. The Bertz CT molecular complexity index is 785. The van der Waals surface area contributed by atoms with Gasteiger partial charge in [-0.25, -0.2) is 0 Å². The second kappa shape index (κ2) is 49.3. The SMILES string of the molecule is CCCCCCCC/C=C\CCCCCCCC(=O)O[C@H](COCCCCCCCCCCCCCCCC)COP(=O)([O-])[O-].OCC(O)CO.[Na+].[Na+]. The van der Waals surface area contributed by atoms with Gasteiger partial charge in [-0.05, 0) is 38.5 Å². The van der Waals surface area contributed by atoms with E-state index in [1.807, 2.05) is 0 Å². The van der Waals surface area contributed by atoms with Crippen LogP contribution in [-0.2, 0) is 23.4 Å². The van der Waals surface area contributed by atoms with E-state index in [0.29, 0.717) is 6.61 Å². The van der Waals surface area contributed by atoms with E-state index in [4.69, 9.17) is 24.8 Å². The topological polar surface area (TPSA) is 169 Å². The number of ether oxygens (including phenoxy) is 2. The average Bonchev–Trinajstić information content (AvgIpc) is 3.11. The van der Waals surface area contributed by atoms with Crippen LogP contribution < -0.4 is 68.9 Å². The molecule has 3 N–H and O–H groups in total. The molecule has 10 nitrogen and oxygen atoms in total. The van der Waals surface area contributed by atoms with Crippen LogP contribution in [0.2, 0.25) is 0 Å². The van der Waals surface area contributed by atoms with Gasteiger partial charge in [0, 0.05) is 13.0 Å². The van der Waals surface area contributed by atoms with Gasteiger partial charge >= 0.3 is 65.1 Å². The zero-order valence-corrected chi connectivity index (χ0v) is 39.7. The van der Waals surface area contributed by atoms with Crippen molar-refractivity contribution in [2.45, 2.75) is 206 Å². The minimum Gasteiger partial charge on any atom is -0.790 e. The molecular formula is C40H79Na2O10P. The summed E-state index contributed by atoms with van der Waals surface area (Å²) in [6.45, 7) is 3.81. The van der Waals surface area contributed by atoms with Crippen LogP contribution in [0, 0.1) is 0 Å². The van der Waals surface area contributed by atoms with Gasteiger partial charge in [0.05, 0.1) is 34.3 Å². The molecule has 0 aliphatic carbocycles. The summed E-state index contributed by atoms with van der Waals surface area (Å²) in [6, 6.07) is 0. The maximum absolute atomic E-state index is 12.3. The van der Waals surface area contributed by atoms with Crippen LogP contribution >= 0.6 is 7.82 Å². The number of aliphatic hydroxyl groups is 3. The van der Waals surface area contributed by atoms with Crippen LogP contribution in [-0.4, -0.2) is 66.5 Å². The fourth-order valence-electron chi connectivity index (χ4n) is 5.55. The van der Waals surface area contributed by atoms with Crippen LogP contribution in [0.4, 0.5) is 0 Å². The van der Waals surface area contributed by atoms with Gasteiger partial charge < -0.3 is 43.7 Å². The van der Waals surface area contributed by atoms with Crippen LogP contribution in [0.15, 0.2) is 12.2 Å². The summed E-state index contributed by atoms with van der Waals surface area (Å²) in [7, 11) is -5.14. The molecule has 0 rings (SSSR count). The van der Waals surface area contributed by atoms with E-state index >= 15 is 0 Å². The molecule has 0 aromatic rings. The van der Waals surface area contributed by atoms with Crippen LogP contribution in [0.1, 0.15) is 194 Å². The van der Waals surface area contributed by atoms with E-state index in [2.05, 4.69) is 30.5 Å². The quantitative estimate of drug-likeness (QED) is 0.0278. The molecule has 0 aromatic heterocycles. The molecule has 0 unspecified atom stereocenters. The predicted molar refractivity (Wildman–Crippen MR) is 204 cm³/mol. The van der Waals surface area contributed by atoms with Gasteiger partial charge in [0.1, 0.15) is 12.2 Å². The number of hydrogen-bond acceptors (Lipinski definition) is 10. The third-order valence-corrected chi connectivity index (χ3v) is 9.19. The first-order valence-corrected chi connectivity index (χ1v) is 22.1. The number of unbranched alkanes of at least 4 members (excludes halogenated alkanes) is 24. The van der Waals surface area contributed by atoms with Crippen molar-refractivity contribution in [3.8, 4) is 0 Å². The van der Waals surface area contributed by atoms with Crippen LogP contribution in [0.3, 0.4) is 0 Å². The summed E-state index contributed by atoms with van der Waals surface area (Å²) in [5.41, 5.74) is 0. The number of hydrogen-bond donors (Lipinski definition) is 3. The van der Waals surface area contributed by atoms with E-state index in [-0.39, 0.29) is 85.4 Å². The van der Waals surface area contributed by atoms with Gasteiger partial charge in [0.2, 0.25) is 0 Å². The molecule has 306 valence electrons. The molecule has 0 saturated heterocycles. The number of carbonyl (C=O) groups is 1. The van der Waals surface area contributed by atoms with Gasteiger partial charge in [0.15, 0.2) is 0 Å². The van der Waals surface area contributed by atoms with E-state index in [1.165, 1.54) is 122 Å². The fourth-order valence-corrected chi connectivity index (χ4v) is 5.90. The average molecular weight is 797 g/mol. The molecule has 13 heteroatoms. The summed E-state index contributed by atoms with van der Waals surface area (Å²) < 4.78 is 26.4. The fraction of sp³-hybridized carbons (Fsp3) is 0.925. The van der Waals surface area contributed by atoms with Crippen molar-refractivity contribution in [2.24, 2.45) is 0 Å². The van der Waals surface area contributed by atoms with E-state index in [1.54, 1.807) is 0 Å². The van der Waals surface area contributed by atoms with Gasteiger partial charge in [-0.1, -0.05) is 161 Å². The predicted octanol–water partition coefficient (Wildman–Crippen LogP) is 2.62. The number of rotatable bonds is 38. The van der Waals surface area contributed by atoms with Crippen molar-refractivity contribution < 1.29 is 108 Å². The number of aliphatic hydroxyl groups excluding tert-OH is 3. The van der Waals surface area contributed by atoms with Crippen molar-refractivity contribution in [1.29, 1.82) is 0 Å². The first-order valence-electron chi connectivity index (χ1n) is 20.7. The number of phosphoric ester groups is 1. The van der Waals surface area contributed by atoms with Crippen molar-refractivity contribution in [2.75, 3.05) is 33.0 Å². The number of phosphoric acid groups is 1. The molecular weight excluding hydrogens is 717 g/mol. The Morgan fingerprint density at radius 1 is 0.604 bits per heavy atom. The third kappa shape index (κ3) is 55.3. The number of esters is 1. The Morgan fingerprint density at radius 2 is 0.981 bits per heavy atom. The Kier molecular flexibility index (Phi) is 56.6. The van der Waals surface area contributed by atoms with Gasteiger partial charge in [0.25, 0.3) is 0 Å². The smallest absolute Gasteiger partial charge is 0.790 e. The molecule has 1 atom stereocenters. The standard InChI is InChI=1S/C37H73O7P.C3H8O3.2Na/c1-3-5-7-9-11-13-15-17-19-20-22-24-26-28-30-32-37(38)44-36(35-43-45(39,40)41)34-42-33-31-29-27-25-23-21-18-16-14-12-10-8-6-4-2;4-1-3(6)2-5;;/h17,19,36H,3-16,18,20-35H2,1-2H3,(H2,39,40,41);3-6H,1-2H2;;/q;;2*+1/p-2/b19-17-;;;/t36-;;;/m1.../s1. The molecule has 0 heterocycles. The van der Waals surface area contributed by atoms with E-state index in [0.717, 1.165) is 51.4 Å². The zero-order valence-electron chi connectivity index (χ0n) is 34.8. The molecule has 0 aromatic carbocycles. The summed E-state index contributed by atoms with van der Waals surface area (Å²) in [6.07, 6.45) is 36.3. The number of carbonyl (C=O) groups excluding carboxylic acids is 1. The Morgan fingerprint density at radius 3 is 1.36 bits per heavy atom. The monoisotopic (exact) mass is 797 g/mol. The molecule has 0 amide bonds. The first-order chi connectivity index (χ1) is 24.7. The summed E-state index contributed by atoms with van der Waals surface area (Å²) in [5, 5.41) is 24.0. The molecule has 0 bridgehead atoms. The van der Waals surface area contributed by atoms with Crippen molar-refractivity contribution in [3.63, 3.8) is 0 Å². The maximum atomic E-state index is 12.3. The molecule has 0 radical (unpaired) electrons. The van der Waals surface area contributed by atoms with Crippen molar-refractivity contribution in [1.82, 2.24) is 0 Å². The second-order valence-corrected chi connectivity index (χ2v) is 15.0. The summed E-state index contributed by atoms with van der Waals surface area (Å²) in [5.74, 6) is -0.409.